The maximum Gasteiger partial charge on any atom is 0.338 e. The van der Waals surface area contributed by atoms with E-state index in [1.807, 2.05) is 13.0 Å². The first-order valence-electron chi connectivity index (χ1n) is 14.0. The van der Waals surface area contributed by atoms with E-state index in [0.29, 0.717) is 24.0 Å². The second-order valence-corrected chi connectivity index (χ2v) is 10.2. The van der Waals surface area contributed by atoms with E-state index in [4.69, 9.17) is 4.74 Å². The highest BCUT2D eigenvalue weighted by Gasteiger charge is 2.29. The molecule has 1 aliphatic carbocycles. The molecule has 0 saturated heterocycles. The second kappa shape index (κ2) is 12.7. The summed E-state index contributed by atoms with van der Waals surface area (Å²) in [4.78, 5) is 59.2. The average Bonchev–Trinajstić information content (AvgIpc) is 3.67. The molecule has 0 saturated carbocycles. The van der Waals surface area contributed by atoms with Crippen molar-refractivity contribution in [1.82, 2.24) is 30.2 Å². The molecule has 1 aliphatic rings. The molecule has 5 rings (SSSR count). The van der Waals surface area contributed by atoms with Crippen LogP contribution in [0.2, 0.25) is 0 Å². The monoisotopic (exact) mass is 597 g/mol. The number of hydrogen-bond donors (Lipinski definition) is 4. The fourth-order valence-electron chi connectivity index (χ4n) is 5.09. The summed E-state index contributed by atoms with van der Waals surface area (Å²) >= 11 is 0. The largest absolute Gasteiger partial charge is 0.506 e. The van der Waals surface area contributed by atoms with E-state index in [2.05, 4.69) is 37.6 Å². The number of hydrogen-bond acceptors (Lipinski definition) is 9. The Labute approximate surface area is 252 Å². The molecule has 226 valence electrons. The molecule has 0 fully saturated rings. The average molecular weight is 598 g/mol. The lowest BCUT2D eigenvalue weighted by Crippen LogP contribution is -2.30. The lowest BCUT2D eigenvalue weighted by atomic mass is 9.98. The molecule has 0 aliphatic heterocycles. The van der Waals surface area contributed by atoms with Gasteiger partial charge < -0.3 is 25.8 Å². The van der Waals surface area contributed by atoms with Gasteiger partial charge in [0.25, 0.3) is 17.6 Å². The number of phenolic OH excluding ortho intramolecular Hbond substituents is 1. The highest BCUT2D eigenvalue weighted by atomic mass is 16.5. The van der Waals surface area contributed by atoms with Crippen LogP contribution in [0.5, 0.6) is 5.75 Å². The van der Waals surface area contributed by atoms with Crippen molar-refractivity contribution < 1.29 is 29.0 Å². The standard InChI is InChI=1S/C31H31N7O6/c1-4-12-44-30(43)20-7-8-21-19(17(20)3)9-10-22(21)36-29(42)25-14-24(37-31-33-16-34-38(25)31)28(41)32-15-18-6-11-26(39)23(13-18)35-27(40)5-2/h4,6-8,11,13-14,16,22,39H,1,5,9-10,12,15H2,2-3H3,(H,32,41)(H,35,40)(H,36,42)/t22-/m0/s1. The van der Waals surface area contributed by atoms with E-state index in [0.717, 1.165) is 16.7 Å². The molecule has 1 atom stereocenters. The Bertz CT molecular complexity index is 1800. The van der Waals surface area contributed by atoms with E-state index >= 15 is 0 Å². The summed E-state index contributed by atoms with van der Waals surface area (Å²) < 4.78 is 6.45. The summed E-state index contributed by atoms with van der Waals surface area (Å²) in [6, 6.07) is 9.14. The molecule has 4 aromatic rings. The number of carbonyl (C=O) groups is 4. The molecule has 0 radical (unpaired) electrons. The first-order chi connectivity index (χ1) is 21.2. The fraction of sp³-hybridized carbons (Fsp3) is 0.258. The fourth-order valence-corrected chi connectivity index (χ4v) is 5.09. The zero-order valence-corrected chi connectivity index (χ0v) is 24.2. The molecule has 2 aromatic carbocycles. The molecule has 0 unspecified atom stereocenters. The number of ether oxygens (including phenoxy) is 1. The number of phenols is 1. The van der Waals surface area contributed by atoms with Gasteiger partial charge in [0.05, 0.1) is 17.3 Å². The normalized spacial score (nSPS) is 13.6. The number of aromatic nitrogens is 4. The molecule has 13 nitrogen and oxygen atoms in total. The summed E-state index contributed by atoms with van der Waals surface area (Å²) in [6.45, 7) is 7.30. The van der Waals surface area contributed by atoms with Crippen molar-refractivity contribution in [2.75, 3.05) is 11.9 Å². The first kappa shape index (κ1) is 29.9. The van der Waals surface area contributed by atoms with E-state index in [1.165, 1.54) is 29.1 Å². The minimum atomic E-state index is -0.561. The Kier molecular flexibility index (Phi) is 8.65. The van der Waals surface area contributed by atoms with E-state index in [-0.39, 0.29) is 60.1 Å². The van der Waals surface area contributed by atoms with Crippen LogP contribution in [0.3, 0.4) is 0 Å². The molecule has 0 bridgehead atoms. The number of nitrogens with one attached hydrogen (secondary N) is 3. The zero-order chi connectivity index (χ0) is 31.4. The molecule has 3 amide bonds. The van der Waals surface area contributed by atoms with Crippen molar-refractivity contribution in [3.8, 4) is 5.75 Å². The summed E-state index contributed by atoms with van der Waals surface area (Å²) in [7, 11) is 0. The highest BCUT2D eigenvalue weighted by molar-refractivity contribution is 5.98. The quantitative estimate of drug-likeness (QED) is 0.121. The van der Waals surface area contributed by atoms with Crippen LogP contribution in [0.4, 0.5) is 5.69 Å². The van der Waals surface area contributed by atoms with Crippen LogP contribution in [-0.2, 0) is 22.5 Å². The minimum absolute atomic E-state index is 0.0423. The van der Waals surface area contributed by atoms with Crippen molar-refractivity contribution >= 4 is 35.2 Å². The number of esters is 1. The van der Waals surface area contributed by atoms with E-state index < -0.39 is 17.8 Å². The number of benzene rings is 2. The molecule has 0 spiro atoms. The van der Waals surface area contributed by atoms with Crippen LogP contribution >= 0.6 is 0 Å². The third-order valence-corrected chi connectivity index (χ3v) is 7.38. The van der Waals surface area contributed by atoms with Gasteiger partial charge in [-0.3, -0.25) is 14.4 Å². The molecule has 2 heterocycles. The SMILES string of the molecule is C=CCOC(=O)c1ccc2c(c1C)CC[C@@H]2NC(=O)c1cc(C(=O)NCc2ccc(O)c(NC(=O)CC)c2)nc2ncnn12. The van der Waals surface area contributed by atoms with Crippen molar-refractivity contribution in [2.24, 2.45) is 0 Å². The van der Waals surface area contributed by atoms with Crippen LogP contribution in [-0.4, -0.2) is 55.0 Å². The van der Waals surface area contributed by atoms with Gasteiger partial charge in [-0.25, -0.2) is 9.78 Å². The summed E-state index contributed by atoms with van der Waals surface area (Å²) in [6.07, 6.45) is 4.28. The second-order valence-electron chi connectivity index (χ2n) is 10.2. The number of amides is 3. The Morgan fingerprint density at radius 2 is 1.98 bits per heavy atom. The van der Waals surface area contributed by atoms with Gasteiger partial charge >= 0.3 is 5.97 Å². The van der Waals surface area contributed by atoms with Crippen LogP contribution in [0.15, 0.2) is 55.4 Å². The highest BCUT2D eigenvalue weighted by Crippen LogP contribution is 2.35. The summed E-state index contributed by atoms with van der Waals surface area (Å²) in [5.41, 5.74) is 4.05. The number of aromatic hydroxyl groups is 1. The third-order valence-electron chi connectivity index (χ3n) is 7.38. The summed E-state index contributed by atoms with van der Waals surface area (Å²) in [5.74, 6) is -1.75. The lowest BCUT2D eigenvalue weighted by molar-refractivity contribution is -0.115. The maximum absolute atomic E-state index is 13.5. The predicted octanol–water partition coefficient (Wildman–Crippen LogP) is 3.18. The Hall–Kier alpha value is -5.59. The molecule has 4 N–H and O–H groups in total. The smallest absolute Gasteiger partial charge is 0.338 e. The van der Waals surface area contributed by atoms with Crippen molar-refractivity contribution in [3.05, 3.63) is 94.6 Å². The first-order valence-corrected chi connectivity index (χ1v) is 14.0. The van der Waals surface area contributed by atoms with E-state index in [9.17, 15) is 24.3 Å². The van der Waals surface area contributed by atoms with Crippen molar-refractivity contribution in [1.29, 1.82) is 0 Å². The molecule has 44 heavy (non-hydrogen) atoms. The molecule has 2 aromatic heterocycles. The third kappa shape index (κ3) is 6.11. The Balaban J connectivity index is 1.32. The molecular weight excluding hydrogens is 566 g/mol. The van der Waals surface area contributed by atoms with Gasteiger partial charge in [0.1, 0.15) is 30.1 Å². The van der Waals surface area contributed by atoms with E-state index in [1.54, 1.807) is 25.1 Å². The maximum atomic E-state index is 13.5. The van der Waals surface area contributed by atoms with Gasteiger partial charge in [-0.1, -0.05) is 31.7 Å². The van der Waals surface area contributed by atoms with Gasteiger partial charge in [-0.05, 0) is 60.2 Å². The molecule has 13 heteroatoms. The zero-order valence-electron chi connectivity index (χ0n) is 24.2. The van der Waals surface area contributed by atoms with Crippen molar-refractivity contribution in [3.63, 3.8) is 0 Å². The van der Waals surface area contributed by atoms with Crippen LogP contribution in [0, 0.1) is 6.92 Å². The van der Waals surface area contributed by atoms with Gasteiger partial charge in [0, 0.05) is 19.0 Å². The van der Waals surface area contributed by atoms with Crippen LogP contribution in [0.1, 0.15) is 79.4 Å². The topological polar surface area (TPSA) is 177 Å². The van der Waals surface area contributed by atoms with Crippen LogP contribution < -0.4 is 16.0 Å². The van der Waals surface area contributed by atoms with Gasteiger partial charge in [-0.2, -0.15) is 14.6 Å². The number of fused-ring (bicyclic) bond motifs is 2. The predicted molar refractivity (Wildman–Crippen MR) is 159 cm³/mol. The lowest BCUT2D eigenvalue weighted by Gasteiger charge is -2.16. The Morgan fingerprint density at radius 3 is 2.75 bits per heavy atom. The van der Waals surface area contributed by atoms with Crippen molar-refractivity contribution in [2.45, 2.75) is 45.7 Å². The Morgan fingerprint density at radius 1 is 1.16 bits per heavy atom. The number of anilines is 1. The van der Waals surface area contributed by atoms with Gasteiger partial charge in [-0.15, -0.1) is 0 Å². The van der Waals surface area contributed by atoms with Gasteiger partial charge in [0.15, 0.2) is 0 Å². The van der Waals surface area contributed by atoms with Crippen LogP contribution in [0.25, 0.3) is 5.78 Å². The number of nitrogens with zero attached hydrogens (tertiary/aromatic N) is 4. The molecular formula is C31H31N7O6. The number of rotatable bonds is 10. The van der Waals surface area contributed by atoms with Gasteiger partial charge in [0.2, 0.25) is 5.91 Å². The minimum Gasteiger partial charge on any atom is -0.506 e. The number of carbonyl (C=O) groups excluding carboxylic acids is 4. The summed E-state index contributed by atoms with van der Waals surface area (Å²) in [5, 5.41) is 22.5.